The second kappa shape index (κ2) is 9.48. The van der Waals surface area contributed by atoms with Crippen molar-refractivity contribution in [1.82, 2.24) is 0 Å². The highest BCUT2D eigenvalue weighted by molar-refractivity contribution is 5.76. The Balaban J connectivity index is 1.76. The second-order valence-electron chi connectivity index (χ2n) is 10.7. The number of carbonyl (C=O) groups is 2. The number of rotatable bonds is 6. The maximum atomic E-state index is 12.9. The Labute approximate surface area is 187 Å². The third-order valence-corrected chi connectivity index (χ3v) is 7.85. The molecule has 1 fully saturated rings. The zero-order valence-electron chi connectivity index (χ0n) is 20.0. The first-order chi connectivity index (χ1) is 14.5. The summed E-state index contributed by atoms with van der Waals surface area (Å²) in [6, 6.07) is 0. The zero-order chi connectivity index (χ0) is 22.9. The van der Waals surface area contributed by atoms with Crippen molar-refractivity contribution in [2.75, 3.05) is 0 Å². The number of carbonyl (C=O) groups excluding carboxylic acids is 2. The van der Waals surface area contributed by atoms with Crippen molar-refractivity contribution in [3.05, 3.63) is 23.8 Å². The molecule has 0 aromatic heterocycles. The third kappa shape index (κ3) is 5.24. The average molecular weight is 433 g/mol. The van der Waals surface area contributed by atoms with Crippen molar-refractivity contribution in [2.45, 2.75) is 92.0 Å². The van der Waals surface area contributed by atoms with Gasteiger partial charge >= 0.3 is 11.9 Å². The van der Waals surface area contributed by atoms with Gasteiger partial charge in [-0.25, -0.2) is 0 Å². The monoisotopic (exact) mass is 432 g/mol. The summed E-state index contributed by atoms with van der Waals surface area (Å²) >= 11 is 0. The molecule has 1 heterocycles. The van der Waals surface area contributed by atoms with Crippen LogP contribution in [0.3, 0.4) is 0 Å². The van der Waals surface area contributed by atoms with Crippen LogP contribution in [0, 0.1) is 35.0 Å². The maximum Gasteiger partial charge on any atom is 0.311 e. The molecule has 2 aliphatic carbocycles. The summed E-state index contributed by atoms with van der Waals surface area (Å²) < 4.78 is 11.7. The fourth-order valence-electron chi connectivity index (χ4n) is 5.17. The number of allylic oxidation sites excluding steroid dienone is 3. The predicted molar refractivity (Wildman–Crippen MR) is 120 cm³/mol. The molecular formula is C26H40O5. The standard InChI is InChI=1S/C26H40O5/c1-7-26(5,6)25(29)31-22-13-15(2)12-18-9-8-16(3)20(23(18)22)11-10-19-14-21(27)17(4)24(28)30-19/h8-9,12,15-17,19-23,27H,7,10-11,13-14H2,1-6H3/t15-,16-,17-,19+,20-,21+,22-,23-/m0/s1. The number of aliphatic hydroxyl groups excluding tert-OH is 1. The van der Waals surface area contributed by atoms with Crippen molar-refractivity contribution >= 4 is 11.9 Å². The average Bonchev–Trinajstić information content (AvgIpc) is 2.71. The number of hydrogen-bond donors (Lipinski definition) is 1. The first kappa shape index (κ1) is 24.0. The van der Waals surface area contributed by atoms with Crippen LogP contribution in [0.4, 0.5) is 0 Å². The molecule has 1 saturated heterocycles. The van der Waals surface area contributed by atoms with E-state index in [1.807, 2.05) is 20.8 Å². The normalized spacial score (nSPS) is 38.2. The highest BCUT2D eigenvalue weighted by atomic mass is 16.6. The topological polar surface area (TPSA) is 72.8 Å². The molecule has 3 aliphatic rings. The molecule has 0 amide bonds. The van der Waals surface area contributed by atoms with E-state index in [0.29, 0.717) is 24.2 Å². The van der Waals surface area contributed by atoms with Crippen molar-refractivity contribution in [1.29, 1.82) is 0 Å². The molecule has 0 bridgehead atoms. The Morgan fingerprint density at radius 3 is 2.58 bits per heavy atom. The molecule has 8 atom stereocenters. The van der Waals surface area contributed by atoms with E-state index in [9.17, 15) is 14.7 Å². The fraction of sp³-hybridized carbons (Fsp3) is 0.769. The fourth-order valence-corrected chi connectivity index (χ4v) is 5.17. The van der Waals surface area contributed by atoms with Crippen molar-refractivity contribution < 1.29 is 24.2 Å². The van der Waals surface area contributed by atoms with E-state index in [2.05, 4.69) is 32.1 Å². The van der Waals surface area contributed by atoms with Gasteiger partial charge < -0.3 is 14.6 Å². The van der Waals surface area contributed by atoms with Crippen molar-refractivity contribution in [3.63, 3.8) is 0 Å². The van der Waals surface area contributed by atoms with Crippen molar-refractivity contribution in [3.8, 4) is 0 Å². The van der Waals surface area contributed by atoms with Gasteiger partial charge in [-0.05, 0) is 69.8 Å². The second-order valence-corrected chi connectivity index (χ2v) is 10.7. The smallest absolute Gasteiger partial charge is 0.311 e. The maximum absolute atomic E-state index is 12.9. The van der Waals surface area contributed by atoms with Crippen LogP contribution in [0.5, 0.6) is 0 Å². The van der Waals surface area contributed by atoms with Gasteiger partial charge in [-0.3, -0.25) is 9.59 Å². The highest BCUT2D eigenvalue weighted by Crippen LogP contribution is 2.45. The first-order valence-electron chi connectivity index (χ1n) is 12.0. The molecule has 174 valence electrons. The van der Waals surface area contributed by atoms with E-state index in [1.54, 1.807) is 6.92 Å². The van der Waals surface area contributed by atoms with Crippen LogP contribution < -0.4 is 0 Å². The van der Waals surface area contributed by atoms with E-state index in [-0.39, 0.29) is 30.1 Å². The molecule has 0 spiro atoms. The molecule has 0 aromatic carbocycles. The van der Waals surface area contributed by atoms with E-state index < -0.39 is 17.4 Å². The highest BCUT2D eigenvalue weighted by Gasteiger charge is 2.43. The minimum Gasteiger partial charge on any atom is -0.462 e. The number of cyclic esters (lactones) is 1. The predicted octanol–water partition coefficient (Wildman–Crippen LogP) is 4.83. The van der Waals surface area contributed by atoms with Gasteiger partial charge in [0.15, 0.2) is 0 Å². The van der Waals surface area contributed by atoms with Crippen LogP contribution in [0.25, 0.3) is 0 Å². The summed E-state index contributed by atoms with van der Waals surface area (Å²) in [6.07, 6.45) is 9.44. The number of aliphatic hydroxyl groups is 1. The molecule has 0 saturated carbocycles. The Hall–Kier alpha value is -1.62. The zero-order valence-corrected chi connectivity index (χ0v) is 20.0. The Morgan fingerprint density at radius 1 is 1.23 bits per heavy atom. The summed E-state index contributed by atoms with van der Waals surface area (Å²) in [5.41, 5.74) is 0.780. The van der Waals surface area contributed by atoms with Gasteiger partial charge in [-0.1, -0.05) is 39.0 Å². The van der Waals surface area contributed by atoms with E-state index >= 15 is 0 Å². The van der Waals surface area contributed by atoms with Gasteiger partial charge in [0.1, 0.15) is 12.2 Å². The summed E-state index contributed by atoms with van der Waals surface area (Å²) in [5, 5.41) is 10.2. The Morgan fingerprint density at radius 2 is 1.94 bits per heavy atom. The van der Waals surface area contributed by atoms with Gasteiger partial charge in [0, 0.05) is 12.3 Å². The number of ether oxygens (including phenoxy) is 2. The number of fused-ring (bicyclic) bond motifs is 1. The van der Waals surface area contributed by atoms with Crippen LogP contribution in [0.2, 0.25) is 0 Å². The minimum absolute atomic E-state index is 0.118. The summed E-state index contributed by atoms with van der Waals surface area (Å²) in [4.78, 5) is 24.9. The van der Waals surface area contributed by atoms with E-state index in [0.717, 1.165) is 25.7 Å². The van der Waals surface area contributed by atoms with Crippen LogP contribution in [0.15, 0.2) is 23.8 Å². The molecule has 0 aromatic rings. The molecule has 5 nitrogen and oxygen atoms in total. The van der Waals surface area contributed by atoms with E-state index in [4.69, 9.17) is 9.47 Å². The third-order valence-electron chi connectivity index (χ3n) is 7.85. The van der Waals surface area contributed by atoms with Crippen molar-refractivity contribution in [2.24, 2.45) is 35.0 Å². The van der Waals surface area contributed by atoms with Gasteiger partial charge in [0.05, 0.1) is 17.4 Å². The van der Waals surface area contributed by atoms with Crippen LogP contribution in [-0.2, 0) is 19.1 Å². The molecule has 5 heteroatoms. The lowest BCUT2D eigenvalue weighted by Gasteiger charge is -2.44. The lowest BCUT2D eigenvalue weighted by atomic mass is 9.65. The molecule has 1 N–H and O–H groups in total. The molecule has 3 rings (SSSR count). The molecule has 0 unspecified atom stereocenters. The summed E-state index contributed by atoms with van der Waals surface area (Å²) in [5.74, 6) is 0.307. The van der Waals surface area contributed by atoms with Gasteiger partial charge in [0.25, 0.3) is 0 Å². The number of esters is 2. The molecule has 0 radical (unpaired) electrons. The van der Waals surface area contributed by atoms with E-state index in [1.165, 1.54) is 5.57 Å². The van der Waals surface area contributed by atoms with Gasteiger partial charge in [0.2, 0.25) is 0 Å². The van der Waals surface area contributed by atoms with Gasteiger partial charge in [-0.15, -0.1) is 0 Å². The number of hydrogen-bond acceptors (Lipinski definition) is 5. The SMILES string of the molecule is CCC(C)(C)C(=O)O[C@H]1C[C@@H](C)C=C2C=C[C@H](C)[C@H](CC[C@@H]3C[C@@H](O)[C@H](C)C(=O)O3)[C@H]21. The van der Waals surface area contributed by atoms with Crippen LogP contribution >= 0.6 is 0 Å². The quantitative estimate of drug-likeness (QED) is 0.609. The summed E-state index contributed by atoms with van der Waals surface area (Å²) in [7, 11) is 0. The molecular weight excluding hydrogens is 392 g/mol. The largest absolute Gasteiger partial charge is 0.462 e. The minimum atomic E-state index is -0.633. The molecule has 31 heavy (non-hydrogen) atoms. The Bertz CT molecular complexity index is 736. The first-order valence-corrected chi connectivity index (χ1v) is 12.0. The lowest BCUT2D eigenvalue weighted by Crippen LogP contribution is -2.43. The summed E-state index contributed by atoms with van der Waals surface area (Å²) in [6.45, 7) is 12.0. The van der Waals surface area contributed by atoms with Crippen LogP contribution in [-0.4, -0.2) is 35.4 Å². The Kier molecular flexibility index (Phi) is 7.35. The van der Waals surface area contributed by atoms with Crippen LogP contribution in [0.1, 0.15) is 73.6 Å². The van der Waals surface area contributed by atoms with Gasteiger partial charge in [-0.2, -0.15) is 0 Å². The molecule has 1 aliphatic heterocycles. The lowest BCUT2D eigenvalue weighted by molar-refractivity contribution is -0.170.